The fourth-order valence-corrected chi connectivity index (χ4v) is 1.90. The van der Waals surface area contributed by atoms with Gasteiger partial charge in [0.25, 0.3) is 5.69 Å². The molecule has 5 nitrogen and oxygen atoms in total. The van der Waals surface area contributed by atoms with Gasteiger partial charge in [-0.2, -0.15) is 5.26 Å². The van der Waals surface area contributed by atoms with Crippen molar-refractivity contribution in [3.8, 4) is 6.07 Å². The molecule has 0 fully saturated rings. The van der Waals surface area contributed by atoms with Crippen LogP contribution in [0.1, 0.15) is 11.1 Å². The Balaban J connectivity index is 2.13. The second-order valence-corrected chi connectivity index (χ2v) is 4.50. The highest BCUT2D eigenvalue weighted by Gasteiger charge is 2.12. The minimum absolute atomic E-state index is 0.114. The largest absolute Gasteiger partial charge is 0.381 e. The molecule has 0 unspecified atom stereocenters. The van der Waals surface area contributed by atoms with Crippen LogP contribution >= 0.6 is 11.6 Å². The van der Waals surface area contributed by atoms with Crippen LogP contribution in [0.25, 0.3) is 0 Å². The van der Waals surface area contributed by atoms with Gasteiger partial charge in [-0.25, -0.2) is 0 Å². The highest BCUT2D eigenvalue weighted by atomic mass is 35.5. The number of hydrogen-bond donors (Lipinski definition) is 1. The summed E-state index contributed by atoms with van der Waals surface area (Å²) in [4.78, 5) is 10.3. The molecular formula is C14H10ClN3O2. The lowest BCUT2D eigenvalue weighted by molar-refractivity contribution is -0.384. The maximum Gasteiger partial charge on any atom is 0.288 e. The smallest absolute Gasteiger partial charge is 0.288 e. The number of benzene rings is 2. The van der Waals surface area contributed by atoms with Gasteiger partial charge in [0.1, 0.15) is 5.02 Å². The van der Waals surface area contributed by atoms with Gasteiger partial charge in [-0.05, 0) is 29.8 Å². The van der Waals surface area contributed by atoms with E-state index in [0.717, 1.165) is 11.3 Å². The Morgan fingerprint density at radius 3 is 2.80 bits per heavy atom. The number of nitro groups is 1. The third-order valence-corrected chi connectivity index (χ3v) is 3.02. The standard InChI is InChI=1S/C14H10ClN3O2/c15-13-5-4-11(7-14(13)18(19)20)9-17-12-3-1-2-10(6-12)8-16/h1-7,17H,9H2. The summed E-state index contributed by atoms with van der Waals surface area (Å²) in [5.41, 5.74) is 1.96. The van der Waals surface area contributed by atoms with E-state index in [4.69, 9.17) is 16.9 Å². The maximum absolute atomic E-state index is 10.8. The zero-order chi connectivity index (χ0) is 14.5. The Labute approximate surface area is 120 Å². The molecule has 0 radical (unpaired) electrons. The van der Waals surface area contributed by atoms with E-state index in [2.05, 4.69) is 11.4 Å². The van der Waals surface area contributed by atoms with Crippen molar-refractivity contribution in [3.63, 3.8) is 0 Å². The molecule has 0 heterocycles. The van der Waals surface area contributed by atoms with E-state index < -0.39 is 4.92 Å². The Bertz CT molecular complexity index is 695. The van der Waals surface area contributed by atoms with Crippen molar-refractivity contribution >= 4 is 23.0 Å². The summed E-state index contributed by atoms with van der Waals surface area (Å²) in [6.07, 6.45) is 0. The van der Waals surface area contributed by atoms with Crippen molar-refractivity contribution in [2.75, 3.05) is 5.32 Å². The number of rotatable bonds is 4. The summed E-state index contributed by atoms with van der Waals surface area (Å²) in [5.74, 6) is 0. The average molecular weight is 288 g/mol. The van der Waals surface area contributed by atoms with Gasteiger partial charge in [0.05, 0.1) is 16.6 Å². The average Bonchev–Trinajstić information content (AvgIpc) is 2.46. The van der Waals surface area contributed by atoms with E-state index >= 15 is 0 Å². The molecule has 100 valence electrons. The molecule has 2 aromatic rings. The summed E-state index contributed by atoms with van der Waals surface area (Å²) >= 11 is 5.75. The first kappa shape index (κ1) is 13.8. The molecule has 0 aliphatic heterocycles. The predicted octanol–water partition coefficient (Wildman–Crippen LogP) is 3.73. The second-order valence-electron chi connectivity index (χ2n) is 4.09. The normalized spacial score (nSPS) is 9.80. The van der Waals surface area contributed by atoms with Gasteiger partial charge in [0, 0.05) is 18.3 Å². The summed E-state index contributed by atoms with van der Waals surface area (Å²) < 4.78 is 0. The van der Waals surface area contributed by atoms with Crippen LogP contribution in [0.5, 0.6) is 0 Å². The maximum atomic E-state index is 10.8. The van der Waals surface area contributed by atoms with Gasteiger partial charge < -0.3 is 5.32 Å². The van der Waals surface area contributed by atoms with E-state index in [-0.39, 0.29) is 10.7 Å². The number of halogens is 1. The van der Waals surface area contributed by atoms with Crippen molar-refractivity contribution in [1.29, 1.82) is 5.26 Å². The number of hydrogen-bond acceptors (Lipinski definition) is 4. The van der Waals surface area contributed by atoms with Gasteiger partial charge >= 0.3 is 0 Å². The molecule has 0 bridgehead atoms. The molecule has 0 aliphatic rings. The minimum atomic E-state index is -0.512. The van der Waals surface area contributed by atoms with Crippen LogP contribution in [0.15, 0.2) is 42.5 Å². The number of nitriles is 1. The van der Waals surface area contributed by atoms with Crippen molar-refractivity contribution in [2.24, 2.45) is 0 Å². The Hall–Kier alpha value is -2.58. The first-order chi connectivity index (χ1) is 9.60. The molecule has 20 heavy (non-hydrogen) atoms. The molecule has 0 aromatic heterocycles. The first-order valence-corrected chi connectivity index (χ1v) is 6.15. The fraction of sp³-hybridized carbons (Fsp3) is 0.0714. The number of nitro benzene ring substituents is 1. The Morgan fingerprint density at radius 1 is 1.30 bits per heavy atom. The highest BCUT2D eigenvalue weighted by molar-refractivity contribution is 6.32. The summed E-state index contributed by atoms with van der Waals surface area (Å²) in [5, 5.41) is 22.8. The molecule has 0 amide bonds. The Morgan fingerprint density at radius 2 is 2.10 bits per heavy atom. The zero-order valence-corrected chi connectivity index (χ0v) is 11.1. The van der Waals surface area contributed by atoms with E-state index in [1.54, 1.807) is 24.3 Å². The van der Waals surface area contributed by atoms with Crippen LogP contribution in [0.3, 0.4) is 0 Å². The van der Waals surface area contributed by atoms with Crippen molar-refractivity contribution in [2.45, 2.75) is 6.54 Å². The third kappa shape index (κ3) is 3.25. The lowest BCUT2D eigenvalue weighted by Crippen LogP contribution is -2.00. The third-order valence-electron chi connectivity index (χ3n) is 2.70. The van der Waals surface area contributed by atoms with Crippen LogP contribution in [-0.2, 0) is 6.54 Å². The summed E-state index contributed by atoms with van der Waals surface area (Å²) in [7, 11) is 0. The van der Waals surface area contributed by atoms with Crippen LogP contribution in [0.4, 0.5) is 11.4 Å². The molecule has 0 aliphatic carbocycles. The topological polar surface area (TPSA) is 79.0 Å². The summed E-state index contributed by atoms with van der Waals surface area (Å²) in [6.45, 7) is 0.410. The van der Waals surface area contributed by atoms with Crippen molar-refractivity contribution in [3.05, 3.63) is 68.7 Å². The zero-order valence-electron chi connectivity index (χ0n) is 10.3. The van der Waals surface area contributed by atoms with E-state index in [1.807, 2.05) is 6.07 Å². The summed E-state index contributed by atoms with van der Waals surface area (Å²) in [6, 6.07) is 13.7. The fourth-order valence-electron chi connectivity index (χ4n) is 1.71. The van der Waals surface area contributed by atoms with Crippen molar-refractivity contribution in [1.82, 2.24) is 0 Å². The molecule has 0 saturated heterocycles. The SMILES string of the molecule is N#Cc1cccc(NCc2ccc(Cl)c([N+](=O)[O-])c2)c1. The predicted molar refractivity (Wildman–Crippen MR) is 76.6 cm³/mol. The number of anilines is 1. The minimum Gasteiger partial charge on any atom is -0.381 e. The van der Waals surface area contributed by atoms with Gasteiger partial charge in [-0.3, -0.25) is 10.1 Å². The van der Waals surface area contributed by atoms with Gasteiger partial charge in [-0.1, -0.05) is 23.7 Å². The first-order valence-electron chi connectivity index (χ1n) is 5.77. The number of nitrogens with zero attached hydrogens (tertiary/aromatic N) is 2. The van der Waals surface area contributed by atoms with Gasteiger partial charge in [-0.15, -0.1) is 0 Å². The molecule has 2 aromatic carbocycles. The van der Waals surface area contributed by atoms with Gasteiger partial charge in [0.2, 0.25) is 0 Å². The number of nitrogens with one attached hydrogen (secondary N) is 1. The molecule has 0 spiro atoms. The molecular weight excluding hydrogens is 278 g/mol. The van der Waals surface area contributed by atoms with Crippen LogP contribution in [-0.4, -0.2) is 4.92 Å². The molecule has 2 rings (SSSR count). The lowest BCUT2D eigenvalue weighted by Gasteiger charge is -2.07. The highest BCUT2D eigenvalue weighted by Crippen LogP contribution is 2.25. The molecule has 0 atom stereocenters. The monoisotopic (exact) mass is 287 g/mol. The molecule has 6 heteroatoms. The molecule has 0 saturated carbocycles. The van der Waals surface area contributed by atoms with E-state index in [9.17, 15) is 10.1 Å². The quantitative estimate of drug-likeness (QED) is 0.686. The van der Waals surface area contributed by atoms with E-state index in [1.165, 1.54) is 12.1 Å². The van der Waals surface area contributed by atoms with Gasteiger partial charge in [0.15, 0.2) is 0 Å². The van der Waals surface area contributed by atoms with Crippen molar-refractivity contribution < 1.29 is 4.92 Å². The van der Waals surface area contributed by atoms with Crippen LogP contribution < -0.4 is 5.32 Å². The Kier molecular flexibility index (Phi) is 4.18. The molecule has 1 N–H and O–H groups in total. The second kappa shape index (κ2) is 6.04. The lowest BCUT2D eigenvalue weighted by atomic mass is 10.2. The van der Waals surface area contributed by atoms with Crippen LogP contribution in [0, 0.1) is 21.4 Å². The van der Waals surface area contributed by atoms with Crippen LogP contribution in [0.2, 0.25) is 5.02 Å². The van der Waals surface area contributed by atoms with E-state index in [0.29, 0.717) is 12.1 Å².